The zero-order chi connectivity index (χ0) is 9.97. The van der Waals surface area contributed by atoms with E-state index in [1.165, 1.54) is 5.56 Å². The summed E-state index contributed by atoms with van der Waals surface area (Å²) in [5.41, 5.74) is 2.32. The standard InChI is InChI=1S/C10H10BrNOS/c11-10-3-7(6-14-10)5-12-8-1-2-9(13)4-8/h3-4,6,12H,1-2,5H2. The second kappa shape index (κ2) is 4.28. The van der Waals surface area contributed by atoms with Crippen molar-refractivity contribution in [3.05, 3.63) is 32.6 Å². The van der Waals surface area contributed by atoms with Crippen LogP contribution >= 0.6 is 27.3 Å². The van der Waals surface area contributed by atoms with E-state index in [4.69, 9.17) is 0 Å². The van der Waals surface area contributed by atoms with Crippen molar-refractivity contribution in [2.24, 2.45) is 0 Å². The minimum Gasteiger partial charge on any atom is -0.384 e. The predicted molar refractivity (Wildman–Crippen MR) is 61.2 cm³/mol. The molecule has 2 nitrogen and oxygen atoms in total. The lowest BCUT2D eigenvalue weighted by molar-refractivity contribution is -0.114. The van der Waals surface area contributed by atoms with Gasteiger partial charge < -0.3 is 5.32 Å². The molecule has 0 saturated heterocycles. The van der Waals surface area contributed by atoms with Crippen LogP contribution in [0, 0.1) is 0 Å². The maximum absolute atomic E-state index is 10.9. The molecule has 0 amide bonds. The van der Waals surface area contributed by atoms with E-state index >= 15 is 0 Å². The number of allylic oxidation sites excluding steroid dienone is 2. The first-order valence-electron chi connectivity index (χ1n) is 4.44. The third-order valence-corrected chi connectivity index (χ3v) is 3.67. The Balaban J connectivity index is 1.89. The second-order valence-electron chi connectivity index (χ2n) is 3.25. The number of carbonyl (C=O) groups is 1. The minimum atomic E-state index is 0.235. The molecule has 0 radical (unpaired) electrons. The molecule has 0 unspecified atom stereocenters. The number of hydrogen-bond acceptors (Lipinski definition) is 3. The number of thiophene rings is 1. The summed E-state index contributed by atoms with van der Waals surface area (Å²) in [5.74, 6) is 0.235. The van der Waals surface area contributed by atoms with Gasteiger partial charge in [0.05, 0.1) is 3.79 Å². The Morgan fingerprint density at radius 2 is 2.36 bits per heavy atom. The van der Waals surface area contributed by atoms with Gasteiger partial charge in [0.2, 0.25) is 0 Å². The summed E-state index contributed by atoms with van der Waals surface area (Å²) < 4.78 is 1.14. The largest absolute Gasteiger partial charge is 0.384 e. The number of ketones is 1. The maximum Gasteiger partial charge on any atom is 0.157 e. The topological polar surface area (TPSA) is 29.1 Å². The van der Waals surface area contributed by atoms with Gasteiger partial charge >= 0.3 is 0 Å². The molecule has 1 heterocycles. The zero-order valence-electron chi connectivity index (χ0n) is 7.55. The van der Waals surface area contributed by atoms with E-state index in [1.807, 2.05) is 0 Å². The van der Waals surface area contributed by atoms with Gasteiger partial charge in [0.1, 0.15) is 0 Å². The normalized spacial score (nSPS) is 15.8. The van der Waals surface area contributed by atoms with Crippen LogP contribution in [0.5, 0.6) is 0 Å². The molecule has 2 rings (SSSR count). The van der Waals surface area contributed by atoms with E-state index in [1.54, 1.807) is 17.4 Å². The van der Waals surface area contributed by atoms with Crippen molar-refractivity contribution < 1.29 is 4.79 Å². The van der Waals surface area contributed by atoms with Gasteiger partial charge in [-0.05, 0) is 39.4 Å². The molecule has 0 aromatic carbocycles. The zero-order valence-corrected chi connectivity index (χ0v) is 9.95. The summed E-state index contributed by atoms with van der Waals surface area (Å²) in [5, 5.41) is 5.37. The average molecular weight is 272 g/mol. The Labute approximate surface area is 95.1 Å². The van der Waals surface area contributed by atoms with Crippen molar-refractivity contribution in [3.63, 3.8) is 0 Å². The van der Waals surface area contributed by atoms with Gasteiger partial charge in [0.15, 0.2) is 5.78 Å². The number of nitrogens with one attached hydrogen (secondary N) is 1. The van der Waals surface area contributed by atoms with Gasteiger partial charge in [-0.2, -0.15) is 0 Å². The molecule has 74 valence electrons. The Bertz CT molecular complexity index is 383. The molecule has 1 aliphatic rings. The highest BCUT2D eigenvalue weighted by molar-refractivity contribution is 9.11. The Kier molecular flexibility index (Phi) is 3.03. The molecule has 0 atom stereocenters. The van der Waals surface area contributed by atoms with E-state index in [0.717, 1.165) is 22.4 Å². The van der Waals surface area contributed by atoms with Crippen molar-refractivity contribution in [3.8, 4) is 0 Å². The van der Waals surface area contributed by atoms with Gasteiger partial charge in [-0.25, -0.2) is 0 Å². The van der Waals surface area contributed by atoms with Crippen molar-refractivity contribution >= 4 is 33.0 Å². The molecule has 0 fully saturated rings. The third kappa shape index (κ3) is 2.45. The van der Waals surface area contributed by atoms with Crippen LogP contribution < -0.4 is 5.32 Å². The van der Waals surface area contributed by atoms with Gasteiger partial charge in [0, 0.05) is 24.7 Å². The molecule has 0 bridgehead atoms. The van der Waals surface area contributed by atoms with Crippen LogP contribution in [0.3, 0.4) is 0 Å². The van der Waals surface area contributed by atoms with Crippen molar-refractivity contribution in [1.82, 2.24) is 5.32 Å². The smallest absolute Gasteiger partial charge is 0.157 e. The van der Waals surface area contributed by atoms with Gasteiger partial charge in [-0.1, -0.05) is 0 Å². The van der Waals surface area contributed by atoms with Crippen LogP contribution in [0.2, 0.25) is 0 Å². The first-order valence-corrected chi connectivity index (χ1v) is 6.11. The fraction of sp³-hybridized carbons (Fsp3) is 0.300. The number of halogens is 1. The van der Waals surface area contributed by atoms with Gasteiger partial charge in [-0.3, -0.25) is 4.79 Å². The molecule has 0 saturated carbocycles. The number of carbonyl (C=O) groups excluding carboxylic acids is 1. The van der Waals surface area contributed by atoms with Crippen molar-refractivity contribution in [1.29, 1.82) is 0 Å². The first kappa shape index (κ1) is 9.93. The average Bonchev–Trinajstić information content (AvgIpc) is 2.72. The van der Waals surface area contributed by atoms with Crippen molar-refractivity contribution in [2.45, 2.75) is 19.4 Å². The highest BCUT2D eigenvalue weighted by Crippen LogP contribution is 2.21. The quantitative estimate of drug-likeness (QED) is 0.916. The van der Waals surface area contributed by atoms with E-state index in [2.05, 4.69) is 32.7 Å². The number of hydrogen-bond donors (Lipinski definition) is 1. The molecule has 1 N–H and O–H groups in total. The lowest BCUT2D eigenvalue weighted by Crippen LogP contribution is -2.10. The fourth-order valence-corrected chi connectivity index (χ4v) is 2.60. The summed E-state index contributed by atoms with van der Waals surface area (Å²) in [4.78, 5) is 10.9. The highest BCUT2D eigenvalue weighted by Gasteiger charge is 2.11. The Hall–Kier alpha value is -0.610. The lowest BCUT2D eigenvalue weighted by Gasteiger charge is -2.03. The monoisotopic (exact) mass is 271 g/mol. The van der Waals surface area contributed by atoms with E-state index in [9.17, 15) is 4.79 Å². The van der Waals surface area contributed by atoms with Crippen LogP contribution in [-0.2, 0) is 11.3 Å². The molecule has 14 heavy (non-hydrogen) atoms. The Morgan fingerprint density at radius 3 is 2.93 bits per heavy atom. The SMILES string of the molecule is O=C1C=C(NCc2csc(Br)c2)CC1. The van der Waals surface area contributed by atoms with Crippen LogP contribution in [0.4, 0.5) is 0 Å². The molecule has 0 aliphatic heterocycles. The van der Waals surface area contributed by atoms with Crippen LogP contribution in [0.15, 0.2) is 27.0 Å². The van der Waals surface area contributed by atoms with E-state index < -0.39 is 0 Å². The van der Waals surface area contributed by atoms with Gasteiger partial charge in [0.25, 0.3) is 0 Å². The third-order valence-electron chi connectivity index (χ3n) is 2.12. The molecular weight excluding hydrogens is 262 g/mol. The first-order chi connectivity index (χ1) is 6.74. The summed E-state index contributed by atoms with van der Waals surface area (Å²) in [7, 11) is 0. The summed E-state index contributed by atoms with van der Waals surface area (Å²) in [6, 6.07) is 2.09. The summed E-state index contributed by atoms with van der Waals surface area (Å²) in [6.45, 7) is 0.807. The van der Waals surface area contributed by atoms with Crippen molar-refractivity contribution in [2.75, 3.05) is 0 Å². The molecule has 0 spiro atoms. The highest BCUT2D eigenvalue weighted by atomic mass is 79.9. The summed E-state index contributed by atoms with van der Waals surface area (Å²) >= 11 is 5.09. The van der Waals surface area contributed by atoms with Crippen LogP contribution in [0.1, 0.15) is 18.4 Å². The number of rotatable bonds is 3. The predicted octanol–water partition coefficient (Wildman–Crippen LogP) is 2.85. The maximum atomic E-state index is 10.9. The summed E-state index contributed by atoms with van der Waals surface area (Å²) in [6.07, 6.45) is 3.24. The van der Waals surface area contributed by atoms with Crippen LogP contribution in [-0.4, -0.2) is 5.78 Å². The minimum absolute atomic E-state index is 0.235. The van der Waals surface area contributed by atoms with E-state index in [-0.39, 0.29) is 5.78 Å². The molecule has 1 aliphatic carbocycles. The van der Waals surface area contributed by atoms with Crippen LogP contribution in [0.25, 0.3) is 0 Å². The van der Waals surface area contributed by atoms with E-state index in [0.29, 0.717) is 6.42 Å². The Morgan fingerprint density at radius 1 is 1.50 bits per heavy atom. The lowest BCUT2D eigenvalue weighted by atomic mass is 10.3. The molecule has 1 aromatic heterocycles. The van der Waals surface area contributed by atoms with Gasteiger partial charge in [-0.15, -0.1) is 11.3 Å². The molecule has 1 aromatic rings. The fourth-order valence-electron chi connectivity index (χ4n) is 1.39. The second-order valence-corrected chi connectivity index (χ2v) is 5.54. The molecular formula is C10H10BrNOS. The molecule has 4 heteroatoms.